The smallest absolute Gasteiger partial charge is 0.321 e. The number of rotatable bonds is 5. The van der Waals surface area contributed by atoms with Crippen LogP contribution in [0, 0.1) is 20.8 Å². The predicted molar refractivity (Wildman–Crippen MR) is 93.9 cm³/mol. The molecule has 124 valence electrons. The number of likely N-dealkylation sites (N-methyl/N-ethyl adjacent to an activating group) is 1. The van der Waals surface area contributed by atoms with E-state index in [1.165, 1.54) is 11.3 Å². The Labute approximate surface area is 138 Å². The summed E-state index contributed by atoms with van der Waals surface area (Å²) in [6.07, 6.45) is 0.815. The molecule has 0 aliphatic carbocycles. The molecular formula is C18H26N4O. The van der Waals surface area contributed by atoms with E-state index in [1.54, 1.807) is 4.90 Å². The summed E-state index contributed by atoms with van der Waals surface area (Å²) in [6.45, 7) is 9.75. The lowest BCUT2D eigenvalue weighted by Gasteiger charge is -2.18. The molecule has 2 rings (SSSR count). The fraction of sp³-hybridized carbons (Fsp3) is 0.444. The molecule has 2 amide bonds. The van der Waals surface area contributed by atoms with Gasteiger partial charge in [-0.2, -0.15) is 5.10 Å². The predicted octanol–water partition coefficient (Wildman–Crippen LogP) is 3.53. The highest BCUT2D eigenvalue weighted by Crippen LogP contribution is 2.15. The van der Waals surface area contributed by atoms with Gasteiger partial charge in [0.1, 0.15) is 0 Å². The number of aryl methyl sites for hydroxylation is 3. The van der Waals surface area contributed by atoms with Gasteiger partial charge in [-0.1, -0.05) is 12.1 Å². The summed E-state index contributed by atoms with van der Waals surface area (Å²) in [7, 11) is 1.82. The quantitative estimate of drug-likeness (QED) is 0.918. The number of benzene rings is 1. The summed E-state index contributed by atoms with van der Waals surface area (Å²) in [4.78, 5) is 14.0. The van der Waals surface area contributed by atoms with E-state index < -0.39 is 0 Å². The number of anilines is 1. The van der Waals surface area contributed by atoms with Crippen molar-refractivity contribution in [1.82, 2.24) is 14.7 Å². The fourth-order valence-electron chi connectivity index (χ4n) is 2.73. The number of amides is 2. The third-order valence-corrected chi connectivity index (χ3v) is 4.14. The number of nitrogens with zero attached hydrogens (tertiary/aromatic N) is 3. The van der Waals surface area contributed by atoms with Crippen molar-refractivity contribution in [3.05, 3.63) is 46.8 Å². The van der Waals surface area contributed by atoms with Gasteiger partial charge in [0.05, 0.1) is 5.69 Å². The minimum Gasteiger partial charge on any atom is -0.327 e. The zero-order valence-electron chi connectivity index (χ0n) is 14.7. The average Bonchev–Trinajstić information content (AvgIpc) is 2.79. The average molecular weight is 314 g/mol. The first kappa shape index (κ1) is 17.1. The zero-order chi connectivity index (χ0) is 17.0. The maximum absolute atomic E-state index is 12.3. The SMILES string of the molecule is CCn1nc(C)c(CCN(C)C(=O)Nc2cccc(C)c2)c1C. The minimum atomic E-state index is -0.0891. The topological polar surface area (TPSA) is 50.2 Å². The first-order valence-electron chi connectivity index (χ1n) is 8.04. The van der Waals surface area contributed by atoms with Gasteiger partial charge in [-0.25, -0.2) is 4.79 Å². The summed E-state index contributed by atoms with van der Waals surface area (Å²) in [5, 5.41) is 7.46. The highest BCUT2D eigenvalue weighted by Gasteiger charge is 2.14. The highest BCUT2D eigenvalue weighted by molar-refractivity contribution is 5.89. The maximum Gasteiger partial charge on any atom is 0.321 e. The van der Waals surface area contributed by atoms with Crippen LogP contribution in [0.5, 0.6) is 0 Å². The summed E-state index contributed by atoms with van der Waals surface area (Å²) in [5.74, 6) is 0. The summed E-state index contributed by atoms with van der Waals surface area (Å²) in [5.41, 5.74) is 5.44. The molecule has 0 atom stereocenters. The lowest BCUT2D eigenvalue weighted by Crippen LogP contribution is -2.33. The van der Waals surface area contributed by atoms with Crippen LogP contribution < -0.4 is 5.32 Å². The van der Waals surface area contributed by atoms with Gasteiger partial charge in [-0.05, 0) is 57.4 Å². The van der Waals surface area contributed by atoms with Crippen LogP contribution in [0.3, 0.4) is 0 Å². The van der Waals surface area contributed by atoms with E-state index in [9.17, 15) is 4.79 Å². The molecule has 0 saturated carbocycles. The van der Waals surface area contributed by atoms with Crippen molar-refractivity contribution >= 4 is 11.7 Å². The normalized spacial score (nSPS) is 10.7. The third kappa shape index (κ3) is 4.12. The van der Waals surface area contributed by atoms with Crippen LogP contribution in [0.2, 0.25) is 0 Å². The van der Waals surface area contributed by atoms with Crippen molar-refractivity contribution in [2.24, 2.45) is 0 Å². The largest absolute Gasteiger partial charge is 0.327 e. The van der Waals surface area contributed by atoms with Crippen LogP contribution in [0.25, 0.3) is 0 Å². The fourth-order valence-corrected chi connectivity index (χ4v) is 2.73. The third-order valence-electron chi connectivity index (χ3n) is 4.14. The molecule has 2 aromatic rings. The van der Waals surface area contributed by atoms with Gasteiger partial charge in [0.15, 0.2) is 0 Å². The van der Waals surface area contributed by atoms with Crippen LogP contribution in [0.1, 0.15) is 29.4 Å². The number of carbonyl (C=O) groups excluding carboxylic acids is 1. The van der Waals surface area contributed by atoms with Gasteiger partial charge in [0, 0.05) is 31.5 Å². The molecule has 5 heteroatoms. The zero-order valence-corrected chi connectivity index (χ0v) is 14.7. The number of nitrogens with one attached hydrogen (secondary N) is 1. The molecule has 1 heterocycles. The van der Waals surface area contributed by atoms with E-state index in [-0.39, 0.29) is 6.03 Å². The Morgan fingerprint density at radius 3 is 2.65 bits per heavy atom. The van der Waals surface area contributed by atoms with Gasteiger partial charge >= 0.3 is 6.03 Å². The summed E-state index contributed by atoms with van der Waals surface area (Å²) < 4.78 is 2.01. The number of carbonyl (C=O) groups is 1. The van der Waals surface area contributed by atoms with Crippen LogP contribution >= 0.6 is 0 Å². The lowest BCUT2D eigenvalue weighted by molar-refractivity contribution is 0.223. The van der Waals surface area contributed by atoms with Crippen LogP contribution in [0.15, 0.2) is 24.3 Å². The number of aromatic nitrogens is 2. The molecular weight excluding hydrogens is 288 g/mol. The Morgan fingerprint density at radius 2 is 2.04 bits per heavy atom. The number of hydrogen-bond donors (Lipinski definition) is 1. The Morgan fingerprint density at radius 1 is 1.30 bits per heavy atom. The van der Waals surface area contributed by atoms with Crippen molar-refractivity contribution in [2.45, 2.75) is 40.7 Å². The molecule has 0 saturated heterocycles. The molecule has 0 radical (unpaired) electrons. The van der Waals surface area contributed by atoms with Crippen molar-refractivity contribution in [3.8, 4) is 0 Å². The summed E-state index contributed by atoms with van der Waals surface area (Å²) >= 11 is 0. The van der Waals surface area contributed by atoms with E-state index in [4.69, 9.17) is 0 Å². The van der Waals surface area contributed by atoms with Crippen LogP contribution in [-0.2, 0) is 13.0 Å². The molecule has 23 heavy (non-hydrogen) atoms. The molecule has 0 aliphatic heterocycles. The van der Waals surface area contributed by atoms with E-state index >= 15 is 0 Å². The van der Waals surface area contributed by atoms with E-state index in [2.05, 4.69) is 24.3 Å². The van der Waals surface area contributed by atoms with Crippen molar-refractivity contribution in [1.29, 1.82) is 0 Å². The molecule has 0 aliphatic rings. The molecule has 1 aromatic heterocycles. The molecule has 1 aromatic carbocycles. The Hall–Kier alpha value is -2.30. The Balaban J connectivity index is 1.95. The van der Waals surface area contributed by atoms with Gasteiger partial charge in [-0.15, -0.1) is 0 Å². The molecule has 0 spiro atoms. The number of hydrogen-bond acceptors (Lipinski definition) is 2. The van der Waals surface area contributed by atoms with Gasteiger partial charge in [0.2, 0.25) is 0 Å². The molecule has 0 unspecified atom stereocenters. The van der Waals surface area contributed by atoms with Crippen LogP contribution in [-0.4, -0.2) is 34.3 Å². The first-order valence-corrected chi connectivity index (χ1v) is 8.04. The highest BCUT2D eigenvalue weighted by atomic mass is 16.2. The van der Waals surface area contributed by atoms with Crippen molar-refractivity contribution < 1.29 is 4.79 Å². The monoisotopic (exact) mass is 314 g/mol. The lowest BCUT2D eigenvalue weighted by atomic mass is 10.1. The molecule has 5 nitrogen and oxygen atoms in total. The molecule has 0 fully saturated rings. The second-order valence-corrected chi connectivity index (χ2v) is 5.94. The van der Waals surface area contributed by atoms with Crippen LogP contribution in [0.4, 0.5) is 10.5 Å². The van der Waals surface area contributed by atoms with E-state index in [0.29, 0.717) is 6.54 Å². The minimum absolute atomic E-state index is 0.0891. The van der Waals surface area contributed by atoms with Crippen molar-refractivity contribution in [2.75, 3.05) is 18.9 Å². The van der Waals surface area contributed by atoms with Gasteiger partial charge in [0.25, 0.3) is 0 Å². The standard InChI is InChI=1S/C18H26N4O/c1-6-22-15(4)17(14(3)20-22)10-11-21(5)18(23)19-16-9-7-8-13(2)12-16/h7-9,12H,6,10-11H2,1-5H3,(H,19,23). The van der Waals surface area contributed by atoms with E-state index in [1.807, 2.05) is 49.8 Å². The van der Waals surface area contributed by atoms with Gasteiger partial charge in [-0.3, -0.25) is 4.68 Å². The maximum atomic E-state index is 12.3. The molecule has 1 N–H and O–H groups in total. The second-order valence-electron chi connectivity index (χ2n) is 5.94. The van der Waals surface area contributed by atoms with Gasteiger partial charge < -0.3 is 10.2 Å². The molecule has 0 bridgehead atoms. The Bertz CT molecular complexity index is 690. The number of urea groups is 1. The first-order chi connectivity index (χ1) is 10.9. The summed E-state index contributed by atoms with van der Waals surface area (Å²) in [6, 6.07) is 7.73. The van der Waals surface area contributed by atoms with E-state index in [0.717, 1.165) is 29.9 Å². The van der Waals surface area contributed by atoms with Crippen molar-refractivity contribution in [3.63, 3.8) is 0 Å². The Kier molecular flexibility index (Phi) is 5.42. The second kappa shape index (κ2) is 7.31.